The molecule has 168 valence electrons. The summed E-state index contributed by atoms with van der Waals surface area (Å²) in [4.78, 5) is 0. The number of nitrogens with one attached hydrogen (secondary N) is 1. The Labute approximate surface area is 187 Å². The van der Waals surface area contributed by atoms with Crippen molar-refractivity contribution in [3.63, 3.8) is 0 Å². The molecule has 0 fully saturated rings. The first-order valence-electron chi connectivity index (χ1n) is 10.6. The first kappa shape index (κ1) is 22.2. The Morgan fingerprint density at radius 2 is 1.62 bits per heavy atom. The molecule has 0 bridgehead atoms. The summed E-state index contributed by atoms with van der Waals surface area (Å²) < 4.78 is 45.3. The Bertz CT molecular complexity index is 1090. The number of fused-ring (bicyclic) bond motifs is 1. The molecule has 0 saturated carbocycles. The molecule has 0 aliphatic carbocycles. The van der Waals surface area contributed by atoms with Crippen molar-refractivity contribution in [2.24, 2.45) is 0 Å². The lowest BCUT2D eigenvalue weighted by Crippen LogP contribution is -2.50. The minimum absolute atomic E-state index is 0.238. The lowest BCUT2D eigenvalue weighted by atomic mass is 9.88. The van der Waals surface area contributed by atoms with Crippen LogP contribution in [0, 0.1) is 11.6 Å². The van der Waals surface area contributed by atoms with Gasteiger partial charge in [-0.15, -0.1) is 0 Å². The van der Waals surface area contributed by atoms with Crippen LogP contribution in [0.1, 0.15) is 36.6 Å². The summed E-state index contributed by atoms with van der Waals surface area (Å²) in [5, 5.41) is 3.32. The van der Waals surface area contributed by atoms with E-state index in [9.17, 15) is 8.78 Å². The van der Waals surface area contributed by atoms with Gasteiger partial charge in [-0.05, 0) is 67.4 Å². The van der Waals surface area contributed by atoms with Crippen LogP contribution in [-0.2, 0) is 22.6 Å². The molecular weight excluding hydrogens is 412 g/mol. The largest absolute Gasteiger partial charge is 0.485 e. The molecule has 6 heteroatoms. The highest BCUT2D eigenvalue weighted by molar-refractivity contribution is 5.53. The molecule has 3 aromatic carbocycles. The molecule has 32 heavy (non-hydrogen) atoms. The van der Waals surface area contributed by atoms with Crippen LogP contribution >= 0.6 is 0 Å². The quantitative estimate of drug-likeness (QED) is 0.489. The smallest absolute Gasteiger partial charge is 0.132 e. The van der Waals surface area contributed by atoms with Crippen LogP contribution in [0.2, 0.25) is 0 Å². The van der Waals surface area contributed by atoms with Gasteiger partial charge in [0.2, 0.25) is 0 Å². The fourth-order valence-electron chi connectivity index (χ4n) is 4.05. The fraction of sp³-hybridized carbons (Fsp3) is 0.308. The average molecular weight is 440 g/mol. The van der Waals surface area contributed by atoms with Gasteiger partial charge in [0.15, 0.2) is 0 Å². The van der Waals surface area contributed by atoms with Gasteiger partial charge in [0, 0.05) is 24.9 Å². The van der Waals surface area contributed by atoms with E-state index in [1.54, 1.807) is 19.2 Å². The van der Waals surface area contributed by atoms with Gasteiger partial charge < -0.3 is 19.5 Å². The summed E-state index contributed by atoms with van der Waals surface area (Å²) in [6.07, 6.45) is -0.792. The third-order valence-electron chi connectivity index (χ3n) is 5.61. The molecule has 1 heterocycles. The number of halogens is 2. The zero-order valence-electron chi connectivity index (χ0n) is 18.4. The Hall–Kier alpha value is -2.96. The second-order valence-corrected chi connectivity index (χ2v) is 8.46. The van der Waals surface area contributed by atoms with Crippen LogP contribution in [0.4, 0.5) is 14.5 Å². The van der Waals surface area contributed by atoms with Gasteiger partial charge in [-0.25, -0.2) is 8.78 Å². The van der Waals surface area contributed by atoms with Crippen molar-refractivity contribution in [1.82, 2.24) is 0 Å². The summed E-state index contributed by atoms with van der Waals surface area (Å²) in [6.45, 7) is 4.63. The molecule has 1 N–H and O–H groups in total. The number of methoxy groups -OCH3 is 1. The normalized spacial score (nSPS) is 19.2. The van der Waals surface area contributed by atoms with Gasteiger partial charge in [-0.3, -0.25) is 0 Å². The van der Waals surface area contributed by atoms with E-state index in [0.29, 0.717) is 6.54 Å². The number of rotatable bonds is 7. The number of benzene rings is 3. The second-order valence-electron chi connectivity index (χ2n) is 8.46. The molecule has 4 rings (SSSR count). The van der Waals surface area contributed by atoms with Gasteiger partial charge in [0.1, 0.15) is 35.2 Å². The molecular formula is C26H27F2NO3. The van der Waals surface area contributed by atoms with Crippen molar-refractivity contribution < 1.29 is 23.0 Å². The van der Waals surface area contributed by atoms with E-state index in [0.717, 1.165) is 28.1 Å². The lowest BCUT2D eigenvalue weighted by molar-refractivity contribution is -0.159. The van der Waals surface area contributed by atoms with Gasteiger partial charge in [0.05, 0.1) is 6.61 Å². The summed E-state index contributed by atoms with van der Waals surface area (Å²) >= 11 is 0. The molecule has 1 aliphatic heterocycles. The molecule has 3 aromatic rings. The molecule has 0 saturated heterocycles. The minimum Gasteiger partial charge on any atom is -0.485 e. The molecule has 1 aliphatic rings. The molecule has 4 nitrogen and oxygen atoms in total. The van der Waals surface area contributed by atoms with E-state index in [1.807, 2.05) is 44.2 Å². The molecule has 0 aromatic heterocycles. The van der Waals surface area contributed by atoms with Gasteiger partial charge in [0.25, 0.3) is 0 Å². The van der Waals surface area contributed by atoms with Crippen LogP contribution in [0.5, 0.6) is 5.75 Å². The third kappa shape index (κ3) is 4.92. The summed E-state index contributed by atoms with van der Waals surface area (Å²) in [5.41, 5.74) is 2.66. The Kier molecular flexibility index (Phi) is 6.44. The maximum atomic E-state index is 13.6. The topological polar surface area (TPSA) is 39.7 Å². The highest BCUT2D eigenvalue weighted by Crippen LogP contribution is 2.44. The van der Waals surface area contributed by atoms with Crippen molar-refractivity contribution in [2.45, 2.75) is 44.8 Å². The van der Waals surface area contributed by atoms with Crippen molar-refractivity contribution in [2.75, 3.05) is 12.4 Å². The monoisotopic (exact) mass is 439 g/mol. The predicted octanol–water partition coefficient (Wildman–Crippen LogP) is 6.02. The maximum absolute atomic E-state index is 13.6. The van der Waals surface area contributed by atoms with E-state index < -0.39 is 11.7 Å². The Morgan fingerprint density at radius 1 is 0.938 bits per heavy atom. The standard InChI is InChI=1S/C26H27F2NO3/c1-26(2)25(31-16-18-7-5-9-20(28)13-18)24(30-3)22-14-21(10-11-23(22)32-26)29-15-17-6-4-8-19(27)12-17/h4-14,24-25,29H,15-16H2,1-3H3. The zero-order valence-corrected chi connectivity index (χ0v) is 18.4. The first-order valence-corrected chi connectivity index (χ1v) is 10.6. The van der Waals surface area contributed by atoms with E-state index in [1.165, 1.54) is 24.3 Å². The zero-order chi connectivity index (χ0) is 22.7. The highest BCUT2D eigenvalue weighted by atomic mass is 19.1. The average Bonchev–Trinajstić information content (AvgIpc) is 2.75. The van der Waals surface area contributed by atoms with E-state index in [4.69, 9.17) is 14.2 Å². The predicted molar refractivity (Wildman–Crippen MR) is 120 cm³/mol. The van der Waals surface area contributed by atoms with E-state index >= 15 is 0 Å². The van der Waals surface area contributed by atoms with Crippen molar-refractivity contribution in [3.8, 4) is 5.75 Å². The minimum atomic E-state index is -0.655. The van der Waals surface area contributed by atoms with Gasteiger partial charge in [-0.2, -0.15) is 0 Å². The summed E-state index contributed by atoms with van der Waals surface area (Å²) in [7, 11) is 1.64. The molecule has 2 atom stereocenters. The SMILES string of the molecule is COC1c2cc(NCc3cccc(F)c3)ccc2OC(C)(C)C1OCc1cccc(F)c1. The Balaban J connectivity index is 1.54. The summed E-state index contributed by atoms with van der Waals surface area (Å²) in [6, 6.07) is 18.6. The highest BCUT2D eigenvalue weighted by Gasteiger charge is 2.45. The van der Waals surface area contributed by atoms with Crippen LogP contribution in [0.15, 0.2) is 66.7 Å². The second kappa shape index (κ2) is 9.27. The van der Waals surface area contributed by atoms with Gasteiger partial charge >= 0.3 is 0 Å². The Morgan fingerprint density at radius 3 is 2.31 bits per heavy atom. The molecule has 0 amide bonds. The van der Waals surface area contributed by atoms with Crippen LogP contribution in [0.25, 0.3) is 0 Å². The number of ether oxygens (including phenoxy) is 3. The molecule has 2 unspecified atom stereocenters. The van der Waals surface area contributed by atoms with Crippen molar-refractivity contribution >= 4 is 5.69 Å². The molecule has 0 spiro atoms. The van der Waals surface area contributed by atoms with E-state index in [2.05, 4.69) is 5.32 Å². The van der Waals surface area contributed by atoms with Crippen molar-refractivity contribution in [1.29, 1.82) is 0 Å². The lowest BCUT2D eigenvalue weighted by Gasteiger charge is -2.44. The van der Waals surface area contributed by atoms with Crippen LogP contribution < -0.4 is 10.1 Å². The fourth-order valence-corrected chi connectivity index (χ4v) is 4.05. The number of hydrogen-bond donors (Lipinski definition) is 1. The number of hydrogen-bond acceptors (Lipinski definition) is 4. The van der Waals surface area contributed by atoms with Crippen LogP contribution in [-0.4, -0.2) is 18.8 Å². The van der Waals surface area contributed by atoms with Crippen LogP contribution in [0.3, 0.4) is 0 Å². The van der Waals surface area contributed by atoms with Gasteiger partial charge in [-0.1, -0.05) is 24.3 Å². The number of anilines is 1. The maximum Gasteiger partial charge on any atom is 0.132 e. The summed E-state index contributed by atoms with van der Waals surface area (Å²) in [5.74, 6) is 0.166. The van der Waals surface area contributed by atoms with E-state index in [-0.39, 0.29) is 24.3 Å². The third-order valence-corrected chi connectivity index (χ3v) is 5.61. The molecule has 0 radical (unpaired) electrons. The first-order chi connectivity index (χ1) is 15.4. The van der Waals surface area contributed by atoms with Crippen molar-refractivity contribution in [3.05, 3.63) is 95.1 Å².